The zero-order chi connectivity index (χ0) is 17.9. The third-order valence-electron chi connectivity index (χ3n) is 5.47. The molecule has 3 atom stereocenters. The molecule has 138 valence electrons. The standard InChI is InChI=1S/C17H26N4O4/c1-24-13-3-4-17(25-2)5-6-21(14(17)7-13)11-12-8-18-16(19-9-12)20-10-15(22)23/h8-9,13-14H,3-7,10-11H2,1-2H3,(H,22,23)(H,18,19,20)/t13-,14+,17-/m1/s1. The van der Waals surface area contributed by atoms with Crippen molar-refractivity contribution in [3.05, 3.63) is 18.0 Å². The zero-order valence-electron chi connectivity index (χ0n) is 14.8. The van der Waals surface area contributed by atoms with E-state index in [-0.39, 0.29) is 18.2 Å². The number of carboxylic acid groups (broad SMARTS) is 1. The molecule has 2 aliphatic rings. The van der Waals surface area contributed by atoms with Crippen molar-refractivity contribution in [1.82, 2.24) is 14.9 Å². The van der Waals surface area contributed by atoms with Crippen LogP contribution in [-0.2, 0) is 20.8 Å². The van der Waals surface area contributed by atoms with Crippen LogP contribution in [0.15, 0.2) is 12.4 Å². The van der Waals surface area contributed by atoms with Gasteiger partial charge in [0.1, 0.15) is 6.54 Å². The van der Waals surface area contributed by atoms with Crippen molar-refractivity contribution in [3.8, 4) is 0 Å². The molecule has 1 aromatic rings. The lowest BCUT2D eigenvalue weighted by Gasteiger charge is -2.43. The molecule has 25 heavy (non-hydrogen) atoms. The van der Waals surface area contributed by atoms with Gasteiger partial charge in [0.2, 0.25) is 5.95 Å². The van der Waals surface area contributed by atoms with E-state index in [4.69, 9.17) is 14.6 Å². The van der Waals surface area contributed by atoms with E-state index in [1.54, 1.807) is 19.5 Å². The van der Waals surface area contributed by atoms with Crippen molar-refractivity contribution < 1.29 is 19.4 Å². The smallest absolute Gasteiger partial charge is 0.322 e. The van der Waals surface area contributed by atoms with E-state index >= 15 is 0 Å². The predicted octanol–water partition coefficient (Wildman–Crippen LogP) is 1.13. The quantitative estimate of drug-likeness (QED) is 0.755. The predicted molar refractivity (Wildman–Crippen MR) is 91.4 cm³/mol. The number of ether oxygens (including phenoxy) is 2. The molecular weight excluding hydrogens is 324 g/mol. The lowest BCUT2D eigenvalue weighted by molar-refractivity contribution is -0.134. The van der Waals surface area contributed by atoms with Gasteiger partial charge in [0.05, 0.1) is 11.7 Å². The minimum atomic E-state index is -0.939. The number of fused-ring (bicyclic) bond motifs is 1. The summed E-state index contributed by atoms with van der Waals surface area (Å²) in [5, 5.41) is 11.3. The van der Waals surface area contributed by atoms with Crippen molar-refractivity contribution in [1.29, 1.82) is 0 Å². The molecule has 3 rings (SSSR count). The molecule has 0 spiro atoms. The van der Waals surface area contributed by atoms with Gasteiger partial charge in [-0.05, 0) is 25.7 Å². The van der Waals surface area contributed by atoms with E-state index in [1.165, 1.54) is 0 Å². The SMILES string of the molecule is CO[C@@H]1CC[C@@]2(OC)CCN(Cc3cnc(NCC(=O)O)nc3)[C@H]2C1. The summed E-state index contributed by atoms with van der Waals surface area (Å²) in [7, 11) is 3.59. The fourth-order valence-electron chi connectivity index (χ4n) is 4.08. The van der Waals surface area contributed by atoms with Gasteiger partial charge < -0.3 is 19.9 Å². The van der Waals surface area contributed by atoms with Gasteiger partial charge in [-0.3, -0.25) is 9.69 Å². The maximum atomic E-state index is 10.6. The molecule has 1 saturated carbocycles. The molecule has 0 aromatic carbocycles. The van der Waals surface area contributed by atoms with Crippen LogP contribution in [0.3, 0.4) is 0 Å². The van der Waals surface area contributed by atoms with Crippen LogP contribution in [-0.4, -0.2) is 71.0 Å². The van der Waals surface area contributed by atoms with Crippen LogP contribution >= 0.6 is 0 Å². The highest BCUT2D eigenvalue weighted by atomic mass is 16.5. The number of likely N-dealkylation sites (tertiary alicyclic amines) is 1. The van der Waals surface area contributed by atoms with Crippen LogP contribution in [0, 0.1) is 0 Å². The number of hydrogen-bond donors (Lipinski definition) is 2. The van der Waals surface area contributed by atoms with E-state index in [2.05, 4.69) is 20.2 Å². The van der Waals surface area contributed by atoms with Crippen LogP contribution < -0.4 is 5.32 Å². The van der Waals surface area contributed by atoms with Crippen LogP contribution in [0.25, 0.3) is 0 Å². The van der Waals surface area contributed by atoms with Crippen molar-refractivity contribution in [2.45, 2.75) is 50.0 Å². The van der Waals surface area contributed by atoms with Crippen LogP contribution in [0.1, 0.15) is 31.2 Å². The Labute approximate surface area is 147 Å². The van der Waals surface area contributed by atoms with Gasteiger partial charge in [-0.2, -0.15) is 0 Å². The van der Waals surface area contributed by atoms with Crippen molar-refractivity contribution in [2.24, 2.45) is 0 Å². The van der Waals surface area contributed by atoms with E-state index in [9.17, 15) is 4.79 Å². The highest BCUT2D eigenvalue weighted by Crippen LogP contribution is 2.43. The Hall–Kier alpha value is -1.77. The Morgan fingerprint density at radius 3 is 2.80 bits per heavy atom. The lowest BCUT2D eigenvalue weighted by atomic mass is 9.79. The first-order chi connectivity index (χ1) is 12.1. The second kappa shape index (κ2) is 7.63. The molecule has 2 fully saturated rings. The van der Waals surface area contributed by atoms with E-state index in [1.807, 2.05) is 7.11 Å². The van der Waals surface area contributed by atoms with Crippen LogP contribution in [0.4, 0.5) is 5.95 Å². The number of methoxy groups -OCH3 is 2. The molecular formula is C17H26N4O4. The van der Waals surface area contributed by atoms with E-state index in [0.717, 1.165) is 44.3 Å². The third kappa shape index (κ3) is 3.91. The minimum Gasteiger partial charge on any atom is -0.480 e. The molecule has 2 N–H and O–H groups in total. The molecule has 0 radical (unpaired) electrons. The summed E-state index contributed by atoms with van der Waals surface area (Å²) < 4.78 is 11.5. The molecule has 1 saturated heterocycles. The zero-order valence-corrected chi connectivity index (χ0v) is 14.8. The Kier molecular flexibility index (Phi) is 5.51. The molecule has 8 heteroatoms. The van der Waals surface area contributed by atoms with E-state index in [0.29, 0.717) is 12.0 Å². The minimum absolute atomic E-state index is 0.0706. The second-order valence-electron chi connectivity index (χ2n) is 6.80. The Morgan fingerprint density at radius 2 is 2.16 bits per heavy atom. The number of aliphatic carboxylic acids is 1. The molecule has 8 nitrogen and oxygen atoms in total. The van der Waals surface area contributed by atoms with Crippen molar-refractivity contribution in [3.63, 3.8) is 0 Å². The van der Waals surface area contributed by atoms with Crippen LogP contribution in [0.2, 0.25) is 0 Å². The fourth-order valence-corrected chi connectivity index (χ4v) is 4.08. The topological polar surface area (TPSA) is 96.8 Å². The van der Waals surface area contributed by atoms with Crippen LogP contribution in [0.5, 0.6) is 0 Å². The van der Waals surface area contributed by atoms with Gasteiger partial charge in [0.15, 0.2) is 0 Å². The number of nitrogens with one attached hydrogen (secondary N) is 1. The highest BCUT2D eigenvalue weighted by Gasteiger charge is 2.50. The van der Waals surface area contributed by atoms with Crippen molar-refractivity contribution >= 4 is 11.9 Å². The molecule has 2 heterocycles. The Bertz CT molecular complexity index is 597. The first-order valence-electron chi connectivity index (χ1n) is 8.65. The van der Waals surface area contributed by atoms with Gasteiger partial charge >= 0.3 is 5.97 Å². The van der Waals surface area contributed by atoms with E-state index < -0.39 is 5.97 Å². The summed E-state index contributed by atoms with van der Waals surface area (Å²) in [6, 6.07) is 0.334. The summed E-state index contributed by atoms with van der Waals surface area (Å²) in [5.74, 6) is -0.610. The van der Waals surface area contributed by atoms with Gasteiger partial charge in [0.25, 0.3) is 0 Å². The molecule has 1 aromatic heterocycles. The van der Waals surface area contributed by atoms with Crippen molar-refractivity contribution in [2.75, 3.05) is 32.6 Å². The lowest BCUT2D eigenvalue weighted by Crippen LogP contribution is -2.51. The van der Waals surface area contributed by atoms with Gasteiger partial charge in [-0.15, -0.1) is 0 Å². The maximum Gasteiger partial charge on any atom is 0.322 e. The first kappa shape index (κ1) is 18.0. The maximum absolute atomic E-state index is 10.6. The summed E-state index contributed by atoms with van der Waals surface area (Å²) in [6.45, 7) is 1.54. The molecule has 1 aliphatic heterocycles. The summed E-state index contributed by atoms with van der Waals surface area (Å²) in [4.78, 5) is 21.4. The number of nitrogens with zero attached hydrogens (tertiary/aromatic N) is 3. The normalized spacial score (nSPS) is 29.4. The number of carbonyl (C=O) groups is 1. The fraction of sp³-hybridized carbons (Fsp3) is 0.706. The molecule has 1 aliphatic carbocycles. The molecule has 0 unspecified atom stereocenters. The Morgan fingerprint density at radius 1 is 1.40 bits per heavy atom. The van der Waals surface area contributed by atoms with Gasteiger partial charge in [0, 0.05) is 51.3 Å². The third-order valence-corrected chi connectivity index (χ3v) is 5.47. The summed E-state index contributed by atoms with van der Waals surface area (Å²) in [6.07, 6.45) is 7.86. The number of anilines is 1. The second-order valence-corrected chi connectivity index (χ2v) is 6.80. The highest BCUT2D eigenvalue weighted by molar-refractivity contribution is 5.71. The summed E-state index contributed by atoms with van der Waals surface area (Å²) in [5.41, 5.74) is 0.936. The largest absolute Gasteiger partial charge is 0.480 e. The Balaban J connectivity index is 1.65. The monoisotopic (exact) mass is 350 g/mol. The number of carboxylic acids is 1. The number of rotatable bonds is 7. The molecule has 0 bridgehead atoms. The molecule has 0 amide bonds. The average molecular weight is 350 g/mol. The summed E-state index contributed by atoms with van der Waals surface area (Å²) >= 11 is 0. The number of aromatic nitrogens is 2. The van der Waals surface area contributed by atoms with Gasteiger partial charge in [-0.1, -0.05) is 0 Å². The van der Waals surface area contributed by atoms with Gasteiger partial charge in [-0.25, -0.2) is 9.97 Å². The first-order valence-corrected chi connectivity index (χ1v) is 8.65. The number of hydrogen-bond acceptors (Lipinski definition) is 7. The average Bonchev–Trinajstić information content (AvgIpc) is 2.99.